The number of furan rings is 1. The second-order valence-electron chi connectivity index (χ2n) is 9.86. The number of hydrogen-bond donors (Lipinski definition) is 1. The van der Waals surface area contributed by atoms with E-state index in [4.69, 9.17) is 4.42 Å². The maximum Gasteiger partial charge on any atom is 0.179 e. The van der Waals surface area contributed by atoms with Gasteiger partial charge in [-0.25, -0.2) is 0 Å². The molecule has 0 fully saturated rings. The largest absolute Gasteiger partial charge is 0.456 e. The highest BCUT2D eigenvalue weighted by atomic mass is 28.3. The zero-order valence-electron chi connectivity index (χ0n) is 21.4. The first-order chi connectivity index (χ1) is 19.3. The molecular formula is C36H27NOSi. The smallest absolute Gasteiger partial charge is 0.179 e. The van der Waals surface area contributed by atoms with Gasteiger partial charge < -0.3 is 9.73 Å². The summed E-state index contributed by atoms with van der Waals surface area (Å²) in [7, 11) is -2.57. The van der Waals surface area contributed by atoms with E-state index in [0.717, 1.165) is 33.3 Å². The molecule has 2 nitrogen and oxygen atoms in total. The predicted octanol–water partition coefficient (Wildman–Crippen LogP) is 6.71. The standard InChI is InChI=1S/C36H27NOSi/c1-4-14-29(15-5-1)39(30-16-6-2-7-17-30,31-18-8-3-9-19-31)32-20-12-13-27(25-32)37-28-23-24-34-33-21-10-11-22-35(33)38-36(34)26-28/h1-26,37H. The molecule has 0 radical (unpaired) electrons. The van der Waals surface area contributed by atoms with E-state index in [1.54, 1.807) is 0 Å². The lowest BCUT2D eigenvalue weighted by atomic mass is 10.1. The molecular weight excluding hydrogens is 490 g/mol. The Morgan fingerprint density at radius 1 is 0.385 bits per heavy atom. The molecule has 7 rings (SSSR count). The van der Waals surface area contributed by atoms with Crippen LogP contribution in [0.5, 0.6) is 0 Å². The summed E-state index contributed by atoms with van der Waals surface area (Å²) in [5.74, 6) is 0. The van der Waals surface area contributed by atoms with Crippen LogP contribution in [0.15, 0.2) is 162 Å². The number of anilines is 2. The summed E-state index contributed by atoms with van der Waals surface area (Å²) in [6.07, 6.45) is 0. The van der Waals surface area contributed by atoms with Crippen molar-refractivity contribution in [2.45, 2.75) is 0 Å². The van der Waals surface area contributed by atoms with Crippen molar-refractivity contribution in [2.75, 3.05) is 5.32 Å². The van der Waals surface area contributed by atoms with Crippen LogP contribution in [0.3, 0.4) is 0 Å². The van der Waals surface area contributed by atoms with Gasteiger partial charge in [0.2, 0.25) is 0 Å². The van der Waals surface area contributed by atoms with Gasteiger partial charge in [0, 0.05) is 28.2 Å². The van der Waals surface area contributed by atoms with Gasteiger partial charge in [0.05, 0.1) is 0 Å². The molecule has 1 aromatic heterocycles. The summed E-state index contributed by atoms with van der Waals surface area (Å²) in [5, 5.41) is 11.4. The van der Waals surface area contributed by atoms with Crippen molar-refractivity contribution in [1.29, 1.82) is 0 Å². The van der Waals surface area contributed by atoms with Crippen LogP contribution in [0, 0.1) is 0 Å². The van der Waals surface area contributed by atoms with E-state index < -0.39 is 8.07 Å². The van der Waals surface area contributed by atoms with Crippen LogP contribution in [0.1, 0.15) is 0 Å². The lowest BCUT2D eigenvalue weighted by Gasteiger charge is -2.34. The summed E-state index contributed by atoms with van der Waals surface area (Å²) in [4.78, 5) is 0. The Bertz CT molecular complexity index is 1780. The van der Waals surface area contributed by atoms with E-state index in [1.807, 2.05) is 12.1 Å². The van der Waals surface area contributed by atoms with Gasteiger partial charge in [-0.05, 0) is 51.1 Å². The van der Waals surface area contributed by atoms with Crippen LogP contribution in [-0.4, -0.2) is 8.07 Å². The first kappa shape index (κ1) is 23.3. The number of para-hydroxylation sites is 1. The first-order valence-electron chi connectivity index (χ1n) is 13.3. The molecule has 0 atom stereocenters. The molecule has 3 heteroatoms. The lowest BCUT2D eigenvalue weighted by molar-refractivity contribution is 0.669. The maximum absolute atomic E-state index is 6.15. The van der Waals surface area contributed by atoms with E-state index in [2.05, 4.69) is 151 Å². The Morgan fingerprint density at radius 3 is 1.54 bits per heavy atom. The summed E-state index contributed by atoms with van der Waals surface area (Å²) >= 11 is 0. The zero-order valence-corrected chi connectivity index (χ0v) is 22.4. The van der Waals surface area contributed by atoms with Gasteiger partial charge in [-0.1, -0.05) is 121 Å². The van der Waals surface area contributed by atoms with Gasteiger partial charge in [-0.3, -0.25) is 0 Å². The van der Waals surface area contributed by atoms with E-state index >= 15 is 0 Å². The van der Waals surface area contributed by atoms with Crippen LogP contribution in [0.2, 0.25) is 0 Å². The van der Waals surface area contributed by atoms with Crippen molar-refractivity contribution >= 4 is 62.1 Å². The molecule has 0 aliphatic carbocycles. The molecule has 0 saturated carbocycles. The Labute approximate surface area is 229 Å². The third-order valence-electron chi connectivity index (χ3n) is 7.58. The van der Waals surface area contributed by atoms with Crippen LogP contribution >= 0.6 is 0 Å². The molecule has 186 valence electrons. The Morgan fingerprint density at radius 2 is 0.897 bits per heavy atom. The molecule has 6 aromatic carbocycles. The molecule has 0 spiro atoms. The SMILES string of the molecule is c1ccc([Si](c2ccccc2)(c2ccccc2)c2cccc(Nc3ccc4c(c3)oc3ccccc34)c2)cc1. The van der Waals surface area contributed by atoms with Crippen molar-refractivity contribution < 1.29 is 4.42 Å². The fourth-order valence-electron chi connectivity index (χ4n) is 5.86. The fraction of sp³-hybridized carbons (Fsp3) is 0. The van der Waals surface area contributed by atoms with Crippen molar-refractivity contribution in [3.05, 3.63) is 158 Å². The van der Waals surface area contributed by atoms with Gasteiger partial charge >= 0.3 is 0 Å². The van der Waals surface area contributed by atoms with Crippen LogP contribution in [0.4, 0.5) is 11.4 Å². The normalized spacial score (nSPS) is 11.6. The van der Waals surface area contributed by atoms with Gasteiger partial charge in [0.15, 0.2) is 8.07 Å². The minimum atomic E-state index is -2.57. The minimum absolute atomic E-state index is 0.888. The van der Waals surface area contributed by atoms with Gasteiger partial charge in [0.1, 0.15) is 11.2 Å². The molecule has 39 heavy (non-hydrogen) atoms. The topological polar surface area (TPSA) is 25.2 Å². The van der Waals surface area contributed by atoms with Crippen molar-refractivity contribution in [1.82, 2.24) is 0 Å². The molecule has 7 aromatic rings. The number of benzene rings is 6. The highest BCUT2D eigenvalue weighted by Crippen LogP contribution is 2.31. The lowest BCUT2D eigenvalue weighted by Crippen LogP contribution is -2.74. The highest BCUT2D eigenvalue weighted by Gasteiger charge is 2.41. The Kier molecular flexibility index (Phi) is 5.84. The highest BCUT2D eigenvalue weighted by molar-refractivity contribution is 7.19. The summed E-state index contributed by atoms with van der Waals surface area (Å²) < 4.78 is 6.15. The van der Waals surface area contributed by atoms with E-state index in [1.165, 1.54) is 20.7 Å². The second kappa shape index (κ2) is 9.79. The van der Waals surface area contributed by atoms with Gasteiger partial charge in [0.25, 0.3) is 0 Å². The summed E-state index contributed by atoms with van der Waals surface area (Å²) in [6.45, 7) is 0. The zero-order chi connectivity index (χ0) is 26.1. The molecule has 1 N–H and O–H groups in total. The number of hydrogen-bond acceptors (Lipinski definition) is 2. The fourth-order valence-corrected chi connectivity index (χ4v) is 10.7. The van der Waals surface area contributed by atoms with E-state index in [-0.39, 0.29) is 0 Å². The average molecular weight is 518 g/mol. The molecule has 0 unspecified atom stereocenters. The number of rotatable bonds is 6. The summed E-state index contributed by atoms with van der Waals surface area (Å²) in [5.41, 5.74) is 3.86. The maximum atomic E-state index is 6.15. The molecule has 0 aliphatic heterocycles. The van der Waals surface area contributed by atoms with Gasteiger partial charge in [-0.2, -0.15) is 0 Å². The van der Waals surface area contributed by atoms with Crippen LogP contribution < -0.4 is 26.1 Å². The molecule has 0 saturated heterocycles. The average Bonchev–Trinajstić information content (AvgIpc) is 3.37. The van der Waals surface area contributed by atoms with Crippen molar-refractivity contribution in [3.8, 4) is 0 Å². The third-order valence-corrected chi connectivity index (χ3v) is 12.4. The molecule has 0 aliphatic rings. The third kappa shape index (κ3) is 4.04. The van der Waals surface area contributed by atoms with Crippen LogP contribution in [0.25, 0.3) is 21.9 Å². The molecule has 1 heterocycles. The summed E-state index contributed by atoms with van der Waals surface area (Å²) in [6, 6.07) is 56.5. The van der Waals surface area contributed by atoms with E-state index in [0.29, 0.717) is 0 Å². The van der Waals surface area contributed by atoms with Crippen LogP contribution in [-0.2, 0) is 0 Å². The number of fused-ring (bicyclic) bond motifs is 3. The van der Waals surface area contributed by atoms with Crippen molar-refractivity contribution in [2.24, 2.45) is 0 Å². The van der Waals surface area contributed by atoms with Gasteiger partial charge in [-0.15, -0.1) is 0 Å². The van der Waals surface area contributed by atoms with Crippen molar-refractivity contribution in [3.63, 3.8) is 0 Å². The van der Waals surface area contributed by atoms with E-state index in [9.17, 15) is 0 Å². The monoisotopic (exact) mass is 517 g/mol. The number of nitrogens with one attached hydrogen (secondary N) is 1. The Balaban J connectivity index is 1.38. The molecule has 0 amide bonds. The molecule has 0 bridgehead atoms. The second-order valence-corrected chi connectivity index (χ2v) is 13.7. The Hall–Kier alpha value is -4.86. The first-order valence-corrected chi connectivity index (χ1v) is 15.3. The minimum Gasteiger partial charge on any atom is -0.456 e. The predicted molar refractivity (Wildman–Crippen MR) is 167 cm³/mol. The quantitative estimate of drug-likeness (QED) is 0.196.